The second-order valence-electron chi connectivity index (χ2n) is 6.93. The van der Waals surface area contributed by atoms with Crippen molar-refractivity contribution in [2.45, 2.75) is 19.9 Å². The van der Waals surface area contributed by atoms with Gasteiger partial charge in [0.1, 0.15) is 5.82 Å². The van der Waals surface area contributed by atoms with Crippen LogP contribution in [0.4, 0.5) is 10.1 Å². The molecular formula is C22H26FN3O2. The first-order valence-corrected chi connectivity index (χ1v) is 9.66. The molecule has 1 saturated heterocycles. The van der Waals surface area contributed by atoms with Crippen molar-refractivity contribution in [2.24, 2.45) is 0 Å². The Balaban J connectivity index is 1.63. The van der Waals surface area contributed by atoms with Crippen LogP contribution in [0.3, 0.4) is 0 Å². The van der Waals surface area contributed by atoms with Gasteiger partial charge in [-0.15, -0.1) is 0 Å². The molecule has 3 rings (SSSR count). The molecule has 0 saturated carbocycles. The summed E-state index contributed by atoms with van der Waals surface area (Å²) in [5.41, 5.74) is 1.93. The van der Waals surface area contributed by atoms with Gasteiger partial charge in [-0.2, -0.15) is 0 Å². The van der Waals surface area contributed by atoms with E-state index in [1.165, 1.54) is 12.1 Å². The molecule has 0 bridgehead atoms. The van der Waals surface area contributed by atoms with Gasteiger partial charge >= 0.3 is 11.8 Å². The number of anilines is 1. The lowest BCUT2D eigenvalue weighted by atomic mass is 10.1. The molecule has 0 unspecified atom stereocenters. The standard InChI is InChI=1S/C22H26FN3O2/c1-3-26(17(2)18-9-11-19(23)12-10-18)22(28)21(27)25-15-13-24(14-16-25)20-7-5-4-6-8-20/h4-12,17H,3,13-16H2,1-2H3/t17-/m1/s1. The molecule has 1 fully saturated rings. The Labute approximate surface area is 165 Å². The summed E-state index contributed by atoms with van der Waals surface area (Å²) in [6, 6.07) is 15.8. The fourth-order valence-electron chi connectivity index (χ4n) is 3.58. The number of halogens is 1. The van der Waals surface area contributed by atoms with Gasteiger partial charge in [-0.3, -0.25) is 9.59 Å². The van der Waals surface area contributed by atoms with Crippen LogP contribution in [0.2, 0.25) is 0 Å². The molecule has 2 aromatic carbocycles. The molecule has 5 nitrogen and oxygen atoms in total. The summed E-state index contributed by atoms with van der Waals surface area (Å²) in [6.45, 7) is 6.54. The molecule has 1 aliphatic rings. The molecule has 0 aromatic heterocycles. The summed E-state index contributed by atoms with van der Waals surface area (Å²) in [4.78, 5) is 31.0. The van der Waals surface area contributed by atoms with Crippen LogP contribution in [0, 0.1) is 5.82 Å². The summed E-state index contributed by atoms with van der Waals surface area (Å²) in [5.74, 6) is -1.30. The third-order valence-electron chi connectivity index (χ3n) is 5.29. The molecule has 28 heavy (non-hydrogen) atoms. The van der Waals surface area contributed by atoms with Crippen molar-refractivity contribution < 1.29 is 14.0 Å². The summed E-state index contributed by atoms with van der Waals surface area (Å²) in [5, 5.41) is 0. The third-order valence-corrected chi connectivity index (χ3v) is 5.29. The van der Waals surface area contributed by atoms with Crippen molar-refractivity contribution >= 4 is 17.5 Å². The second kappa shape index (κ2) is 8.87. The highest BCUT2D eigenvalue weighted by molar-refractivity contribution is 6.35. The third kappa shape index (κ3) is 4.32. The van der Waals surface area contributed by atoms with E-state index in [9.17, 15) is 14.0 Å². The molecule has 1 aliphatic heterocycles. The lowest BCUT2D eigenvalue weighted by Gasteiger charge is -2.37. The minimum Gasteiger partial charge on any atom is -0.368 e. The summed E-state index contributed by atoms with van der Waals surface area (Å²) in [7, 11) is 0. The number of amides is 2. The zero-order valence-corrected chi connectivity index (χ0v) is 16.3. The fraction of sp³-hybridized carbons (Fsp3) is 0.364. The van der Waals surface area contributed by atoms with Crippen molar-refractivity contribution in [1.29, 1.82) is 0 Å². The largest absolute Gasteiger partial charge is 0.368 e. The van der Waals surface area contributed by atoms with Crippen LogP contribution in [-0.2, 0) is 9.59 Å². The molecule has 0 spiro atoms. The van der Waals surface area contributed by atoms with Gasteiger partial charge in [-0.05, 0) is 43.7 Å². The number of hydrogen-bond donors (Lipinski definition) is 0. The Morgan fingerprint density at radius 1 is 1.00 bits per heavy atom. The predicted octanol–water partition coefficient (Wildman–Crippen LogP) is 3.08. The van der Waals surface area contributed by atoms with Gasteiger partial charge < -0.3 is 14.7 Å². The van der Waals surface area contributed by atoms with E-state index in [1.807, 2.05) is 44.2 Å². The molecule has 2 amide bonds. The number of rotatable bonds is 4. The number of para-hydroxylation sites is 1. The molecule has 6 heteroatoms. The van der Waals surface area contributed by atoms with E-state index in [0.29, 0.717) is 32.7 Å². The monoisotopic (exact) mass is 383 g/mol. The maximum Gasteiger partial charge on any atom is 0.312 e. The van der Waals surface area contributed by atoms with Gasteiger partial charge in [-0.1, -0.05) is 30.3 Å². The normalized spacial score (nSPS) is 15.2. The summed E-state index contributed by atoms with van der Waals surface area (Å²) < 4.78 is 13.2. The summed E-state index contributed by atoms with van der Waals surface area (Å²) in [6.07, 6.45) is 0. The van der Waals surface area contributed by atoms with Crippen LogP contribution in [-0.4, -0.2) is 54.3 Å². The van der Waals surface area contributed by atoms with E-state index in [0.717, 1.165) is 11.3 Å². The van der Waals surface area contributed by atoms with Crippen LogP contribution in [0.1, 0.15) is 25.5 Å². The SMILES string of the molecule is CCN(C(=O)C(=O)N1CCN(c2ccccc2)CC1)[C@H](C)c1ccc(F)cc1. The molecule has 1 atom stereocenters. The predicted molar refractivity (Wildman–Crippen MR) is 107 cm³/mol. The molecular weight excluding hydrogens is 357 g/mol. The van der Waals surface area contributed by atoms with E-state index >= 15 is 0 Å². The van der Waals surface area contributed by atoms with Gasteiger partial charge in [0.2, 0.25) is 0 Å². The first kappa shape index (κ1) is 19.9. The van der Waals surface area contributed by atoms with Gasteiger partial charge in [0.05, 0.1) is 6.04 Å². The van der Waals surface area contributed by atoms with Crippen LogP contribution < -0.4 is 4.90 Å². The van der Waals surface area contributed by atoms with Crippen LogP contribution in [0.15, 0.2) is 54.6 Å². The average Bonchev–Trinajstić information content (AvgIpc) is 2.75. The molecule has 0 aliphatic carbocycles. The van der Waals surface area contributed by atoms with E-state index in [4.69, 9.17) is 0 Å². The average molecular weight is 383 g/mol. The highest BCUT2D eigenvalue weighted by Gasteiger charge is 2.31. The Morgan fingerprint density at radius 2 is 1.61 bits per heavy atom. The quantitative estimate of drug-likeness (QED) is 0.762. The first-order chi connectivity index (χ1) is 13.5. The minimum absolute atomic E-state index is 0.298. The minimum atomic E-state index is -0.507. The van der Waals surface area contributed by atoms with Crippen molar-refractivity contribution in [3.63, 3.8) is 0 Å². The number of carbonyl (C=O) groups is 2. The number of piperazine rings is 1. The Morgan fingerprint density at radius 3 is 2.18 bits per heavy atom. The Hall–Kier alpha value is -2.89. The van der Waals surface area contributed by atoms with E-state index < -0.39 is 11.8 Å². The van der Waals surface area contributed by atoms with E-state index in [-0.39, 0.29) is 11.9 Å². The zero-order chi connectivity index (χ0) is 20.1. The van der Waals surface area contributed by atoms with Gasteiger partial charge in [0.15, 0.2) is 0 Å². The van der Waals surface area contributed by atoms with Crippen LogP contribution in [0.5, 0.6) is 0 Å². The van der Waals surface area contributed by atoms with Crippen molar-refractivity contribution in [2.75, 3.05) is 37.6 Å². The second-order valence-corrected chi connectivity index (χ2v) is 6.93. The fourth-order valence-corrected chi connectivity index (χ4v) is 3.58. The number of nitrogens with zero attached hydrogens (tertiary/aromatic N) is 3. The first-order valence-electron chi connectivity index (χ1n) is 9.66. The maximum atomic E-state index is 13.2. The summed E-state index contributed by atoms with van der Waals surface area (Å²) >= 11 is 0. The molecule has 148 valence electrons. The maximum absolute atomic E-state index is 13.2. The number of hydrogen-bond acceptors (Lipinski definition) is 3. The molecule has 2 aromatic rings. The van der Waals surface area contributed by atoms with E-state index in [2.05, 4.69) is 4.90 Å². The molecule has 0 radical (unpaired) electrons. The topological polar surface area (TPSA) is 43.9 Å². The van der Waals surface area contributed by atoms with Crippen LogP contribution in [0.25, 0.3) is 0 Å². The van der Waals surface area contributed by atoms with Gasteiger partial charge in [-0.25, -0.2) is 4.39 Å². The van der Waals surface area contributed by atoms with Crippen molar-refractivity contribution in [3.8, 4) is 0 Å². The molecule has 0 N–H and O–H groups in total. The van der Waals surface area contributed by atoms with Gasteiger partial charge in [0, 0.05) is 38.4 Å². The van der Waals surface area contributed by atoms with E-state index in [1.54, 1.807) is 21.9 Å². The molecule has 1 heterocycles. The number of benzene rings is 2. The number of carbonyl (C=O) groups excluding carboxylic acids is 2. The Bertz CT molecular complexity index is 802. The van der Waals surface area contributed by atoms with Gasteiger partial charge in [0.25, 0.3) is 0 Å². The lowest BCUT2D eigenvalue weighted by molar-refractivity contribution is -0.153. The Kier molecular flexibility index (Phi) is 6.29. The number of likely N-dealkylation sites (N-methyl/N-ethyl adjacent to an activating group) is 1. The highest BCUT2D eigenvalue weighted by Crippen LogP contribution is 2.22. The lowest BCUT2D eigenvalue weighted by Crippen LogP contribution is -2.53. The smallest absolute Gasteiger partial charge is 0.312 e. The zero-order valence-electron chi connectivity index (χ0n) is 16.3. The van der Waals surface area contributed by atoms with Crippen LogP contribution >= 0.6 is 0 Å². The van der Waals surface area contributed by atoms with Crippen molar-refractivity contribution in [1.82, 2.24) is 9.80 Å². The van der Waals surface area contributed by atoms with Crippen molar-refractivity contribution in [3.05, 3.63) is 66.0 Å². The highest BCUT2D eigenvalue weighted by atomic mass is 19.1.